The van der Waals surface area contributed by atoms with Gasteiger partial charge >= 0.3 is 17.9 Å². The summed E-state index contributed by atoms with van der Waals surface area (Å²) in [6.07, 6.45) is -0.219. The molecule has 29 heavy (non-hydrogen) atoms. The molecule has 1 aliphatic heterocycles. The second kappa shape index (κ2) is 8.42. The molecule has 2 N–H and O–H groups in total. The number of anilines is 2. The van der Waals surface area contributed by atoms with E-state index in [4.69, 9.17) is 4.74 Å². The molecule has 0 aromatic heterocycles. The van der Waals surface area contributed by atoms with Crippen LogP contribution < -0.4 is 15.4 Å². The molecule has 1 amide bonds. The minimum Gasteiger partial charge on any atom is -0.465 e. The molecule has 0 saturated heterocycles. The second-order valence-electron chi connectivity index (χ2n) is 6.15. The highest BCUT2D eigenvalue weighted by Gasteiger charge is 2.29. The third kappa shape index (κ3) is 4.52. The number of rotatable bonds is 5. The zero-order valence-electron chi connectivity index (χ0n) is 15.7. The van der Waals surface area contributed by atoms with Gasteiger partial charge in [0.05, 0.1) is 37.5 Å². The van der Waals surface area contributed by atoms with Crippen molar-refractivity contribution in [1.82, 2.24) is 0 Å². The van der Waals surface area contributed by atoms with Gasteiger partial charge in [-0.05, 0) is 30.3 Å². The number of amides is 1. The third-order valence-electron chi connectivity index (χ3n) is 4.16. The molecular formula is C20H18N2O7. The van der Waals surface area contributed by atoms with Gasteiger partial charge in [-0.15, -0.1) is 0 Å². The number of ether oxygens (including phenoxy) is 3. The first-order chi connectivity index (χ1) is 13.9. The van der Waals surface area contributed by atoms with Gasteiger partial charge in [0.15, 0.2) is 5.75 Å². The highest BCUT2D eigenvalue weighted by molar-refractivity contribution is 6.01. The Morgan fingerprint density at radius 3 is 2.28 bits per heavy atom. The van der Waals surface area contributed by atoms with Crippen molar-refractivity contribution in [3.63, 3.8) is 0 Å². The van der Waals surface area contributed by atoms with Crippen molar-refractivity contribution in [3.8, 4) is 5.75 Å². The van der Waals surface area contributed by atoms with E-state index in [-0.39, 0.29) is 23.2 Å². The molecule has 1 heterocycles. The van der Waals surface area contributed by atoms with Crippen molar-refractivity contribution < 1.29 is 33.4 Å². The number of carbonyl (C=O) groups excluding carboxylic acids is 4. The lowest BCUT2D eigenvalue weighted by Crippen LogP contribution is -2.39. The molecule has 0 fully saturated rings. The number of hydrogen-bond donors (Lipinski definition) is 2. The fraction of sp³-hybridized carbons (Fsp3) is 0.200. The smallest absolute Gasteiger partial charge is 0.337 e. The van der Waals surface area contributed by atoms with E-state index in [1.807, 2.05) is 0 Å². The van der Waals surface area contributed by atoms with Gasteiger partial charge in [0.25, 0.3) is 0 Å². The summed E-state index contributed by atoms with van der Waals surface area (Å²) in [5.74, 6) is -2.07. The quantitative estimate of drug-likeness (QED) is 0.580. The van der Waals surface area contributed by atoms with Crippen LogP contribution in [0.15, 0.2) is 42.5 Å². The van der Waals surface area contributed by atoms with Gasteiger partial charge in [0.2, 0.25) is 5.91 Å². The summed E-state index contributed by atoms with van der Waals surface area (Å²) in [6.45, 7) is 0. The average Bonchev–Trinajstić information content (AvgIpc) is 2.72. The molecule has 2 aromatic carbocycles. The van der Waals surface area contributed by atoms with Gasteiger partial charge in [-0.1, -0.05) is 12.1 Å². The minimum atomic E-state index is -0.881. The lowest BCUT2D eigenvalue weighted by molar-refractivity contribution is -0.137. The van der Waals surface area contributed by atoms with Crippen LogP contribution >= 0.6 is 0 Å². The Morgan fingerprint density at radius 2 is 1.66 bits per heavy atom. The van der Waals surface area contributed by atoms with Crippen LogP contribution in [0.4, 0.5) is 11.4 Å². The van der Waals surface area contributed by atoms with E-state index >= 15 is 0 Å². The van der Waals surface area contributed by atoms with E-state index < -0.39 is 29.9 Å². The first-order valence-electron chi connectivity index (χ1n) is 8.60. The predicted octanol–water partition coefficient (Wildman–Crippen LogP) is 1.99. The van der Waals surface area contributed by atoms with Crippen LogP contribution in [-0.4, -0.2) is 44.1 Å². The standard InChI is InChI=1S/C20H18N2O7/c1-27-18(24)11-7-12(19(25)28-2)9-13(8-11)21-17(23)10-15-20(26)29-16-6-4-3-5-14(16)22-15/h3-9,15,22H,10H2,1-2H3,(H,21,23)/t15-/m1/s1. The predicted molar refractivity (Wildman–Crippen MR) is 102 cm³/mol. The van der Waals surface area contributed by atoms with Crippen molar-refractivity contribution in [2.24, 2.45) is 0 Å². The van der Waals surface area contributed by atoms with E-state index in [2.05, 4.69) is 20.1 Å². The van der Waals surface area contributed by atoms with Crippen LogP contribution in [0.5, 0.6) is 5.75 Å². The Kier molecular flexibility index (Phi) is 5.77. The monoisotopic (exact) mass is 398 g/mol. The summed E-state index contributed by atoms with van der Waals surface area (Å²) in [7, 11) is 2.40. The van der Waals surface area contributed by atoms with Gasteiger partial charge in [-0.2, -0.15) is 0 Å². The summed E-state index contributed by atoms with van der Waals surface area (Å²) in [5, 5.41) is 5.53. The zero-order valence-corrected chi connectivity index (χ0v) is 15.7. The molecule has 150 valence electrons. The number of carbonyl (C=O) groups is 4. The van der Waals surface area contributed by atoms with Gasteiger partial charge in [-0.3, -0.25) is 4.79 Å². The lowest BCUT2D eigenvalue weighted by atomic mass is 10.1. The molecule has 3 rings (SSSR count). The van der Waals surface area contributed by atoms with Crippen molar-refractivity contribution in [2.75, 3.05) is 24.9 Å². The van der Waals surface area contributed by atoms with Gasteiger partial charge < -0.3 is 24.8 Å². The maximum absolute atomic E-state index is 12.4. The van der Waals surface area contributed by atoms with Crippen LogP contribution in [0.1, 0.15) is 27.1 Å². The third-order valence-corrected chi connectivity index (χ3v) is 4.16. The molecule has 0 saturated carbocycles. The second-order valence-corrected chi connectivity index (χ2v) is 6.15. The maximum Gasteiger partial charge on any atom is 0.337 e. The number of methoxy groups -OCH3 is 2. The van der Waals surface area contributed by atoms with Crippen molar-refractivity contribution in [2.45, 2.75) is 12.5 Å². The summed E-state index contributed by atoms with van der Waals surface area (Å²) >= 11 is 0. The molecule has 0 unspecified atom stereocenters. The fourth-order valence-corrected chi connectivity index (χ4v) is 2.80. The van der Waals surface area contributed by atoms with E-state index in [0.29, 0.717) is 11.4 Å². The Bertz CT molecular complexity index is 952. The van der Waals surface area contributed by atoms with Gasteiger partial charge in [-0.25, -0.2) is 14.4 Å². The van der Waals surface area contributed by atoms with Gasteiger partial charge in [0.1, 0.15) is 6.04 Å². The first kappa shape index (κ1) is 19.9. The average molecular weight is 398 g/mol. The number of hydrogen-bond acceptors (Lipinski definition) is 8. The summed E-state index contributed by atoms with van der Waals surface area (Å²) < 4.78 is 14.5. The maximum atomic E-state index is 12.4. The minimum absolute atomic E-state index is 0.0647. The topological polar surface area (TPSA) is 120 Å². The molecule has 1 aliphatic rings. The van der Waals surface area contributed by atoms with E-state index in [1.165, 1.54) is 32.4 Å². The number of nitrogens with one attached hydrogen (secondary N) is 2. The van der Waals surface area contributed by atoms with Crippen LogP contribution in [-0.2, 0) is 19.1 Å². The van der Waals surface area contributed by atoms with E-state index in [9.17, 15) is 19.2 Å². The number of esters is 3. The van der Waals surface area contributed by atoms with Crippen molar-refractivity contribution >= 4 is 35.2 Å². The van der Waals surface area contributed by atoms with Crippen LogP contribution in [0.25, 0.3) is 0 Å². The zero-order chi connectivity index (χ0) is 21.0. The molecule has 0 radical (unpaired) electrons. The normalized spacial score (nSPS) is 14.7. The molecule has 9 nitrogen and oxygen atoms in total. The van der Waals surface area contributed by atoms with Crippen LogP contribution in [0.2, 0.25) is 0 Å². The first-order valence-corrected chi connectivity index (χ1v) is 8.60. The molecule has 2 aromatic rings. The number of fused-ring (bicyclic) bond motifs is 1. The summed E-state index contributed by atoms with van der Waals surface area (Å²) in [6, 6.07) is 10.0. The largest absolute Gasteiger partial charge is 0.465 e. The Hall–Kier alpha value is -3.88. The molecule has 0 bridgehead atoms. The summed E-state index contributed by atoms with van der Waals surface area (Å²) in [4.78, 5) is 48.2. The Balaban J connectivity index is 1.75. The van der Waals surface area contributed by atoms with E-state index in [0.717, 1.165) is 0 Å². The van der Waals surface area contributed by atoms with Crippen molar-refractivity contribution in [1.29, 1.82) is 0 Å². The lowest BCUT2D eigenvalue weighted by Gasteiger charge is -2.25. The molecular weight excluding hydrogens is 380 g/mol. The number of benzene rings is 2. The molecule has 9 heteroatoms. The van der Waals surface area contributed by atoms with Gasteiger partial charge in [0, 0.05) is 5.69 Å². The Labute approximate surface area is 165 Å². The van der Waals surface area contributed by atoms with E-state index in [1.54, 1.807) is 24.3 Å². The Morgan fingerprint density at radius 1 is 1.03 bits per heavy atom. The highest BCUT2D eigenvalue weighted by Crippen LogP contribution is 2.29. The highest BCUT2D eigenvalue weighted by atomic mass is 16.5. The van der Waals surface area contributed by atoms with Crippen LogP contribution in [0.3, 0.4) is 0 Å². The van der Waals surface area contributed by atoms with Crippen molar-refractivity contribution in [3.05, 3.63) is 53.6 Å². The summed E-state index contributed by atoms with van der Waals surface area (Å²) in [5.41, 5.74) is 0.915. The SMILES string of the molecule is COC(=O)c1cc(NC(=O)C[C@H]2Nc3ccccc3OC2=O)cc(C(=O)OC)c1. The molecule has 0 aliphatic carbocycles. The molecule has 0 spiro atoms. The number of para-hydroxylation sites is 2. The van der Waals surface area contributed by atoms with Crippen LogP contribution in [0, 0.1) is 0 Å². The molecule has 1 atom stereocenters. The fourth-order valence-electron chi connectivity index (χ4n) is 2.80.